The number of methoxy groups -OCH3 is 1. The number of halogens is 1. The highest BCUT2D eigenvalue weighted by atomic mass is 35.5. The van der Waals surface area contributed by atoms with E-state index in [9.17, 15) is 9.90 Å². The highest BCUT2D eigenvalue weighted by molar-refractivity contribution is 6.17. The number of carbonyl (C=O) groups excluding carboxylic acids is 1. The van der Waals surface area contributed by atoms with Crippen LogP contribution in [0.15, 0.2) is 12.1 Å². The Bertz CT molecular complexity index is 437. The van der Waals surface area contributed by atoms with E-state index in [1.807, 2.05) is 6.07 Å². The summed E-state index contributed by atoms with van der Waals surface area (Å²) in [5.41, 5.74) is 0.627. The number of phenols is 1. The monoisotopic (exact) mass is 225 g/mol. The molecule has 78 valence electrons. The van der Waals surface area contributed by atoms with Crippen LogP contribution in [0.4, 0.5) is 0 Å². The molecular weight excluding hydrogens is 218 g/mol. The van der Waals surface area contributed by atoms with Crippen LogP contribution in [0.1, 0.15) is 21.5 Å². The van der Waals surface area contributed by atoms with Gasteiger partial charge < -0.3 is 9.84 Å². The lowest BCUT2D eigenvalue weighted by molar-refractivity contribution is 0.0596. The van der Waals surface area contributed by atoms with Gasteiger partial charge in [-0.25, -0.2) is 4.79 Å². The van der Waals surface area contributed by atoms with E-state index >= 15 is 0 Å². The molecule has 0 saturated carbocycles. The zero-order valence-electron chi connectivity index (χ0n) is 7.95. The number of alkyl halides is 1. The van der Waals surface area contributed by atoms with E-state index in [1.165, 1.54) is 19.2 Å². The number of rotatable bonds is 2. The molecule has 0 aliphatic rings. The van der Waals surface area contributed by atoms with Gasteiger partial charge in [-0.3, -0.25) is 0 Å². The van der Waals surface area contributed by atoms with E-state index in [2.05, 4.69) is 4.74 Å². The lowest BCUT2D eigenvalue weighted by atomic mass is 10.0. The van der Waals surface area contributed by atoms with Gasteiger partial charge in [-0.05, 0) is 17.7 Å². The minimum absolute atomic E-state index is 0.00602. The summed E-state index contributed by atoms with van der Waals surface area (Å²) in [7, 11) is 1.21. The molecule has 5 heteroatoms. The molecule has 1 aromatic rings. The van der Waals surface area contributed by atoms with Crippen molar-refractivity contribution >= 4 is 17.6 Å². The highest BCUT2D eigenvalue weighted by Gasteiger charge is 2.17. The summed E-state index contributed by atoms with van der Waals surface area (Å²) >= 11 is 5.61. The second-order valence-corrected chi connectivity index (χ2v) is 3.03. The Morgan fingerprint density at radius 2 is 2.33 bits per heavy atom. The summed E-state index contributed by atoms with van der Waals surface area (Å²) in [4.78, 5) is 11.3. The summed E-state index contributed by atoms with van der Waals surface area (Å²) in [6, 6.07) is 4.50. The molecule has 0 unspecified atom stereocenters. The second-order valence-electron chi connectivity index (χ2n) is 2.77. The van der Waals surface area contributed by atoms with Crippen LogP contribution in [-0.2, 0) is 10.6 Å². The fourth-order valence-corrected chi connectivity index (χ4v) is 1.40. The van der Waals surface area contributed by atoms with Gasteiger partial charge in [0.05, 0.1) is 18.7 Å². The van der Waals surface area contributed by atoms with Crippen molar-refractivity contribution < 1.29 is 14.6 Å². The lowest BCUT2D eigenvalue weighted by Gasteiger charge is -2.07. The number of esters is 1. The van der Waals surface area contributed by atoms with Gasteiger partial charge in [0.15, 0.2) is 0 Å². The van der Waals surface area contributed by atoms with E-state index in [0.717, 1.165) is 0 Å². The Kier molecular flexibility index (Phi) is 3.53. The first-order valence-electron chi connectivity index (χ1n) is 4.04. The molecule has 0 aliphatic heterocycles. The number of hydrogen-bond donors (Lipinski definition) is 1. The van der Waals surface area contributed by atoms with Crippen molar-refractivity contribution in [3.8, 4) is 11.8 Å². The van der Waals surface area contributed by atoms with Crippen molar-refractivity contribution in [2.75, 3.05) is 7.11 Å². The molecule has 0 amide bonds. The van der Waals surface area contributed by atoms with Gasteiger partial charge in [-0.1, -0.05) is 0 Å². The molecule has 4 nitrogen and oxygen atoms in total. The summed E-state index contributed by atoms with van der Waals surface area (Å²) in [5.74, 6) is -0.947. The minimum Gasteiger partial charge on any atom is -0.507 e. The third-order valence-electron chi connectivity index (χ3n) is 1.86. The quantitative estimate of drug-likeness (QED) is 0.615. The zero-order valence-corrected chi connectivity index (χ0v) is 8.71. The molecule has 0 atom stereocenters. The summed E-state index contributed by atoms with van der Waals surface area (Å²) < 4.78 is 4.49. The third-order valence-corrected chi connectivity index (χ3v) is 2.15. The average molecular weight is 226 g/mol. The van der Waals surface area contributed by atoms with Crippen molar-refractivity contribution in [1.82, 2.24) is 0 Å². The smallest absolute Gasteiger partial charge is 0.341 e. The SMILES string of the molecule is COC(=O)c1c(O)cc(C#N)cc1CCl. The first-order chi connectivity index (χ1) is 7.13. The maximum atomic E-state index is 11.3. The molecule has 0 aliphatic carbocycles. The Balaban J connectivity index is 3.39. The van der Waals surface area contributed by atoms with Crippen LogP contribution in [0.2, 0.25) is 0 Å². The van der Waals surface area contributed by atoms with E-state index < -0.39 is 5.97 Å². The molecule has 1 aromatic carbocycles. The van der Waals surface area contributed by atoms with E-state index in [4.69, 9.17) is 16.9 Å². The van der Waals surface area contributed by atoms with Crippen LogP contribution in [0, 0.1) is 11.3 Å². The normalized spacial score (nSPS) is 9.40. The van der Waals surface area contributed by atoms with Crippen LogP contribution in [-0.4, -0.2) is 18.2 Å². The van der Waals surface area contributed by atoms with Gasteiger partial charge in [0, 0.05) is 5.88 Å². The van der Waals surface area contributed by atoms with Gasteiger partial charge >= 0.3 is 5.97 Å². The van der Waals surface area contributed by atoms with E-state index in [-0.39, 0.29) is 22.8 Å². The minimum atomic E-state index is -0.673. The van der Waals surface area contributed by atoms with Crippen LogP contribution < -0.4 is 0 Å². The Morgan fingerprint density at radius 1 is 1.67 bits per heavy atom. The van der Waals surface area contributed by atoms with Gasteiger partial charge in [-0.2, -0.15) is 5.26 Å². The van der Waals surface area contributed by atoms with E-state index in [1.54, 1.807) is 0 Å². The van der Waals surface area contributed by atoms with Crippen molar-refractivity contribution in [1.29, 1.82) is 5.26 Å². The summed E-state index contributed by atoms with van der Waals surface area (Å²) in [6.45, 7) is 0. The molecule has 0 aromatic heterocycles. The van der Waals surface area contributed by atoms with Crippen LogP contribution in [0.3, 0.4) is 0 Å². The largest absolute Gasteiger partial charge is 0.507 e. The van der Waals surface area contributed by atoms with Gasteiger partial charge in [0.2, 0.25) is 0 Å². The Labute approximate surface area is 91.7 Å². The molecule has 1 rings (SSSR count). The standard InChI is InChI=1S/C10H8ClNO3/c1-15-10(14)9-7(4-11)2-6(5-12)3-8(9)13/h2-3,13H,4H2,1H3. The van der Waals surface area contributed by atoms with Gasteiger partial charge in [0.1, 0.15) is 11.3 Å². The molecule has 0 spiro atoms. The lowest BCUT2D eigenvalue weighted by Crippen LogP contribution is -2.05. The number of aromatic hydroxyl groups is 1. The fourth-order valence-electron chi connectivity index (χ4n) is 1.19. The summed E-state index contributed by atoms with van der Waals surface area (Å²) in [6.07, 6.45) is 0. The highest BCUT2D eigenvalue weighted by Crippen LogP contribution is 2.25. The molecule has 0 fully saturated rings. The maximum Gasteiger partial charge on any atom is 0.341 e. The number of benzene rings is 1. The molecular formula is C10H8ClNO3. The molecule has 0 saturated heterocycles. The van der Waals surface area contributed by atoms with Crippen LogP contribution >= 0.6 is 11.6 Å². The average Bonchev–Trinajstić information content (AvgIpc) is 2.26. The first-order valence-corrected chi connectivity index (χ1v) is 4.57. The van der Waals surface area contributed by atoms with Crippen molar-refractivity contribution in [2.45, 2.75) is 5.88 Å². The van der Waals surface area contributed by atoms with Crippen molar-refractivity contribution in [3.05, 3.63) is 28.8 Å². The van der Waals surface area contributed by atoms with E-state index in [0.29, 0.717) is 5.56 Å². The number of nitrogens with zero attached hydrogens (tertiary/aromatic N) is 1. The number of phenolic OH excluding ortho intramolecular Hbond substituents is 1. The second kappa shape index (κ2) is 4.67. The van der Waals surface area contributed by atoms with Crippen LogP contribution in [0.5, 0.6) is 5.75 Å². The topological polar surface area (TPSA) is 70.3 Å². The number of hydrogen-bond acceptors (Lipinski definition) is 4. The van der Waals surface area contributed by atoms with Crippen LogP contribution in [0.25, 0.3) is 0 Å². The van der Waals surface area contributed by atoms with Gasteiger partial charge in [-0.15, -0.1) is 11.6 Å². The number of ether oxygens (including phenoxy) is 1. The number of carbonyl (C=O) groups is 1. The predicted molar refractivity (Wildman–Crippen MR) is 53.7 cm³/mol. The first kappa shape index (κ1) is 11.3. The zero-order chi connectivity index (χ0) is 11.4. The summed E-state index contributed by atoms with van der Waals surface area (Å²) in [5, 5.41) is 18.2. The fraction of sp³-hybridized carbons (Fsp3) is 0.200. The predicted octanol–water partition coefficient (Wildman–Crippen LogP) is 1.79. The maximum absolute atomic E-state index is 11.3. The van der Waals surface area contributed by atoms with Crippen molar-refractivity contribution in [2.24, 2.45) is 0 Å². The Hall–Kier alpha value is -1.73. The molecule has 1 N–H and O–H groups in total. The Morgan fingerprint density at radius 3 is 2.80 bits per heavy atom. The van der Waals surface area contributed by atoms with Gasteiger partial charge in [0.25, 0.3) is 0 Å². The molecule has 15 heavy (non-hydrogen) atoms. The third kappa shape index (κ3) is 2.20. The van der Waals surface area contributed by atoms with Crippen molar-refractivity contribution in [3.63, 3.8) is 0 Å². The molecule has 0 radical (unpaired) electrons. The molecule has 0 bridgehead atoms. The molecule has 0 heterocycles. The number of nitriles is 1.